The Morgan fingerprint density at radius 1 is 1.24 bits per heavy atom. The number of amides is 1. The molecule has 25 heavy (non-hydrogen) atoms. The Bertz CT molecular complexity index is 704. The van der Waals surface area contributed by atoms with Gasteiger partial charge in [0.1, 0.15) is 0 Å². The van der Waals surface area contributed by atoms with Gasteiger partial charge in [-0.15, -0.1) is 0 Å². The van der Waals surface area contributed by atoms with Gasteiger partial charge in [-0.2, -0.15) is 0 Å². The Hall–Kier alpha value is -1.07. The number of hydrogen-bond donors (Lipinski definition) is 3. The van der Waals surface area contributed by atoms with Crippen molar-refractivity contribution in [3.63, 3.8) is 0 Å². The van der Waals surface area contributed by atoms with E-state index in [1.54, 1.807) is 36.7 Å². The van der Waals surface area contributed by atoms with Crippen LogP contribution in [-0.4, -0.2) is 38.5 Å². The number of rotatable bonds is 7. The van der Waals surface area contributed by atoms with E-state index in [4.69, 9.17) is 27.1 Å². The molecule has 0 fully saturated rings. The summed E-state index contributed by atoms with van der Waals surface area (Å²) in [5, 5.41) is 12.5. The van der Waals surface area contributed by atoms with Gasteiger partial charge in [0, 0.05) is 0 Å². The van der Waals surface area contributed by atoms with Crippen molar-refractivity contribution in [2.75, 3.05) is 6.67 Å². The number of halogens is 4. The molecule has 1 aromatic carbocycles. The van der Waals surface area contributed by atoms with Crippen molar-refractivity contribution < 1.29 is 35.8 Å². The molecule has 1 heterocycles. The summed E-state index contributed by atoms with van der Waals surface area (Å²) in [5.41, 5.74) is 2.07. The third-order valence-electron chi connectivity index (χ3n) is 3.38. The number of aromatic nitrogens is 2. The quantitative estimate of drug-likeness (QED) is 0.188. The first kappa shape index (κ1) is 20.2. The van der Waals surface area contributed by atoms with Crippen molar-refractivity contribution in [1.29, 1.82) is 0 Å². The van der Waals surface area contributed by atoms with E-state index in [9.17, 15) is 14.3 Å². The van der Waals surface area contributed by atoms with E-state index in [0.717, 1.165) is 11.1 Å². The first-order chi connectivity index (χ1) is 12.0. The Labute approximate surface area is 164 Å². The monoisotopic (exact) mass is 499 g/mol. The second kappa shape index (κ2) is 9.58. The van der Waals surface area contributed by atoms with Crippen molar-refractivity contribution in [1.82, 2.24) is 15.3 Å². The van der Waals surface area contributed by atoms with Gasteiger partial charge in [0.25, 0.3) is 0 Å². The first-order valence-corrected chi connectivity index (χ1v) is 10.2. The van der Waals surface area contributed by atoms with E-state index < -0.39 is 51.0 Å². The maximum atomic E-state index is 13.1. The molecule has 0 spiro atoms. The van der Waals surface area contributed by atoms with Crippen molar-refractivity contribution in [2.45, 2.75) is 17.0 Å². The van der Waals surface area contributed by atoms with E-state index in [0.29, 0.717) is 9.39 Å². The van der Waals surface area contributed by atoms with Crippen LogP contribution in [0.3, 0.4) is 0 Å². The van der Waals surface area contributed by atoms with Crippen LogP contribution in [0.5, 0.6) is 0 Å². The van der Waals surface area contributed by atoms with Crippen LogP contribution >= 0.6 is 23.2 Å². The van der Waals surface area contributed by atoms with E-state index in [2.05, 4.69) is 15.3 Å². The summed E-state index contributed by atoms with van der Waals surface area (Å²) in [5.74, 6) is -0.762. The van der Waals surface area contributed by atoms with Gasteiger partial charge in [-0.3, -0.25) is 4.79 Å². The molecule has 0 aliphatic carbocycles. The fraction of sp³-hybridized carbons (Fsp3) is 0.267. The molecule has 0 radical (unpaired) electrons. The molecular formula is C15H15Cl2FIN4O2-. The molecule has 2 atom stereocenters. The molecular weight excluding hydrogens is 485 g/mol. The van der Waals surface area contributed by atoms with Crippen LogP contribution in [0.4, 0.5) is 4.39 Å². The number of carbonyl (C=O) groups is 1. The fourth-order valence-electron chi connectivity index (χ4n) is 2.07. The van der Waals surface area contributed by atoms with Gasteiger partial charge in [0.15, 0.2) is 4.84 Å². The maximum absolute atomic E-state index is 13.1. The van der Waals surface area contributed by atoms with Gasteiger partial charge < -0.3 is 0 Å². The molecule has 6 nitrogen and oxygen atoms in total. The summed E-state index contributed by atoms with van der Waals surface area (Å²) >= 11 is 10.2. The number of nitrogens with two attached hydrogens (primary N) is 1. The van der Waals surface area contributed by atoms with E-state index in [1.165, 1.54) is 0 Å². The van der Waals surface area contributed by atoms with Gasteiger partial charge in [-0.1, -0.05) is 23.2 Å². The van der Waals surface area contributed by atoms with Crippen molar-refractivity contribution in [3.05, 3.63) is 46.1 Å². The number of benzene rings is 1. The van der Waals surface area contributed by atoms with Crippen molar-refractivity contribution >= 4 is 29.1 Å². The number of nitrogens with zero attached hydrogens (tertiary/aromatic N) is 2. The minimum atomic E-state index is -1.33. The summed E-state index contributed by atoms with van der Waals surface area (Å²) in [6, 6.07) is 5.62. The number of alkyl halides is 3. The summed E-state index contributed by atoms with van der Waals surface area (Å²) in [4.78, 5) is 18.5. The van der Waals surface area contributed by atoms with Crippen molar-refractivity contribution in [2.24, 2.45) is 3.95 Å². The third kappa shape index (κ3) is 5.45. The number of carbonyl (C=O) groups excluding carboxylic acids is 1. The molecule has 10 heteroatoms. The summed E-state index contributed by atoms with van der Waals surface area (Å²) < 4.78 is 19.4. The molecule has 0 saturated heterocycles. The van der Waals surface area contributed by atoms with Crippen LogP contribution in [0.1, 0.15) is 11.7 Å². The predicted octanol–water partition coefficient (Wildman–Crippen LogP) is -1.43. The van der Waals surface area contributed by atoms with Crippen LogP contribution in [0, 0.1) is 3.83 Å². The average Bonchev–Trinajstić information content (AvgIpc) is 2.65. The van der Waals surface area contributed by atoms with Gasteiger partial charge >= 0.3 is 132 Å². The Morgan fingerprint density at radius 3 is 2.32 bits per heavy atom. The van der Waals surface area contributed by atoms with Crippen LogP contribution in [-0.2, 0) is 4.79 Å². The summed E-state index contributed by atoms with van der Waals surface area (Å²) in [6.45, 7) is -0.966. The normalized spacial score (nSPS) is 13.7. The van der Waals surface area contributed by atoms with E-state index in [-0.39, 0.29) is 0 Å². The molecule has 0 bridgehead atoms. The number of nitrogens with one attached hydrogen (secondary N) is 1. The molecule has 0 saturated carbocycles. The SMILES string of the molecule is N[I-]c1ncc(-c2ccc([C@@H](O)[C@@H](CF)NC(=O)C(Cl)Cl)cc2)cn1. The topological polar surface area (TPSA) is 101 Å². The Balaban J connectivity index is 2.12. The van der Waals surface area contributed by atoms with Gasteiger partial charge in [-0.25, -0.2) is 0 Å². The second-order valence-corrected chi connectivity index (χ2v) is 7.67. The van der Waals surface area contributed by atoms with Crippen LogP contribution in [0.25, 0.3) is 11.1 Å². The molecule has 0 aliphatic heterocycles. The molecule has 2 rings (SSSR count). The van der Waals surface area contributed by atoms with Crippen LogP contribution in [0.15, 0.2) is 36.7 Å². The zero-order valence-corrected chi connectivity index (χ0v) is 16.4. The average molecular weight is 500 g/mol. The molecule has 4 N–H and O–H groups in total. The predicted molar refractivity (Wildman–Crippen MR) is 88.7 cm³/mol. The number of hydrogen-bond acceptors (Lipinski definition) is 5. The Kier molecular flexibility index (Phi) is 7.76. The summed E-state index contributed by atoms with van der Waals surface area (Å²) in [7, 11) is 0. The molecule has 1 aromatic heterocycles. The number of aliphatic hydroxyl groups excluding tert-OH is 1. The molecule has 2 aromatic rings. The van der Waals surface area contributed by atoms with E-state index in [1.807, 2.05) is 0 Å². The molecule has 136 valence electrons. The minimum absolute atomic E-state index is 0.442. The zero-order valence-electron chi connectivity index (χ0n) is 12.7. The van der Waals surface area contributed by atoms with Gasteiger partial charge in [0.2, 0.25) is 0 Å². The van der Waals surface area contributed by atoms with Gasteiger partial charge in [0.05, 0.1) is 0 Å². The third-order valence-corrected chi connectivity index (χ3v) is 4.89. The molecule has 1 amide bonds. The van der Waals surface area contributed by atoms with Crippen LogP contribution < -0.4 is 30.7 Å². The second-order valence-electron chi connectivity index (χ2n) is 4.99. The first-order valence-electron chi connectivity index (χ1n) is 7.04. The van der Waals surface area contributed by atoms with Crippen molar-refractivity contribution in [3.8, 4) is 11.1 Å². The summed E-state index contributed by atoms with van der Waals surface area (Å²) in [6.07, 6.45) is 2.11. The zero-order chi connectivity index (χ0) is 18.4. The van der Waals surface area contributed by atoms with Crippen LogP contribution in [0.2, 0.25) is 0 Å². The molecule has 0 aliphatic rings. The molecule has 0 unspecified atom stereocenters. The number of aliphatic hydroxyl groups is 1. The van der Waals surface area contributed by atoms with Gasteiger partial charge in [-0.05, 0) is 0 Å². The van der Waals surface area contributed by atoms with E-state index >= 15 is 0 Å². The Morgan fingerprint density at radius 2 is 1.84 bits per heavy atom. The fourth-order valence-corrected chi connectivity index (χ4v) is 2.80. The standard InChI is InChI=1S/C15H15Cl2FIN4O2/c16-13(17)14(25)23-11(5-18)12(24)9-3-1-8(2-4-9)10-6-21-15(19-20)22-7-10/h1-4,6-7,11-13,24H,5,20H2,(H,23,25)/q-1/t11-,12-/m1/s1.